The van der Waals surface area contributed by atoms with E-state index in [4.69, 9.17) is 0 Å². The Hall–Kier alpha value is -2.96. The molecule has 6 heteroatoms. The van der Waals surface area contributed by atoms with Crippen molar-refractivity contribution in [1.29, 1.82) is 0 Å². The van der Waals surface area contributed by atoms with Gasteiger partial charge in [0.05, 0.1) is 4.90 Å². The highest BCUT2D eigenvalue weighted by Crippen LogP contribution is 2.14. The number of amides is 1. The first-order valence-electron chi connectivity index (χ1n) is 8.46. The van der Waals surface area contributed by atoms with E-state index in [-0.39, 0.29) is 17.3 Å². The number of benzene rings is 3. The van der Waals surface area contributed by atoms with Crippen molar-refractivity contribution in [1.82, 2.24) is 4.72 Å². The maximum atomic E-state index is 12.5. The minimum atomic E-state index is -3.66. The normalized spacial score (nSPS) is 11.1. The quantitative estimate of drug-likeness (QED) is 0.684. The van der Waals surface area contributed by atoms with E-state index in [9.17, 15) is 13.2 Å². The molecule has 3 rings (SSSR count). The molecule has 0 fully saturated rings. The van der Waals surface area contributed by atoms with Crippen molar-refractivity contribution >= 4 is 21.6 Å². The van der Waals surface area contributed by atoms with Crippen molar-refractivity contribution in [2.45, 2.75) is 18.4 Å². The maximum Gasteiger partial charge on any atom is 0.255 e. The minimum absolute atomic E-state index is 0.118. The maximum absolute atomic E-state index is 12.5. The summed E-state index contributed by atoms with van der Waals surface area (Å²) in [5.74, 6) is -0.294. The van der Waals surface area contributed by atoms with Crippen molar-refractivity contribution < 1.29 is 13.2 Å². The van der Waals surface area contributed by atoms with Crippen LogP contribution >= 0.6 is 0 Å². The Morgan fingerprint density at radius 1 is 0.852 bits per heavy atom. The number of carbonyl (C=O) groups is 1. The van der Waals surface area contributed by atoms with E-state index in [1.807, 2.05) is 49.4 Å². The van der Waals surface area contributed by atoms with Gasteiger partial charge in [-0.15, -0.1) is 0 Å². The van der Waals surface area contributed by atoms with Gasteiger partial charge < -0.3 is 5.32 Å². The van der Waals surface area contributed by atoms with Crippen LogP contribution in [0.4, 0.5) is 5.69 Å². The van der Waals surface area contributed by atoms with Gasteiger partial charge in [0, 0.05) is 17.8 Å². The van der Waals surface area contributed by atoms with Crippen LogP contribution in [0.5, 0.6) is 0 Å². The Morgan fingerprint density at radius 2 is 1.48 bits per heavy atom. The third-order valence-corrected chi connectivity index (χ3v) is 5.59. The first-order valence-corrected chi connectivity index (χ1v) is 9.95. The first kappa shape index (κ1) is 18.8. The molecule has 0 aliphatic rings. The zero-order valence-electron chi connectivity index (χ0n) is 14.8. The van der Waals surface area contributed by atoms with E-state index in [0.29, 0.717) is 11.3 Å². The van der Waals surface area contributed by atoms with E-state index < -0.39 is 10.0 Å². The summed E-state index contributed by atoms with van der Waals surface area (Å²) in [7, 11) is -3.66. The highest BCUT2D eigenvalue weighted by molar-refractivity contribution is 7.89. The molecule has 27 heavy (non-hydrogen) atoms. The van der Waals surface area contributed by atoms with Gasteiger partial charge >= 0.3 is 0 Å². The molecule has 0 aliphatic heterocycles. The van der Waals surface area contributed by atoms with E-state index in [2.05, 4.69) is 10.0 Å². The average Bonchev–Trinajstić information content (AvgIpc) is 2.68. The number of aryl methyl sites for hydroxylation is 1. The molecule has 0 saturated heterocycles. The SMILES string of the molecule is Cc1ccccc1CNS(=O)(=O)c1ccc(C(=O)Nc2ccccc2)cc1. The van der Waals surface area contributed by atoms with Crippen molar-refractivity contribution in [2.24, 2.45) is 0 Å². The molecular formula is C21H20N2O3S. The van der Waals surface area contributed by atoms with Crippen LogP contribution in [0.1, 0.15) is 21.5 Å². The standard InChI is InChI=1S/C21H20N2O3S/c1-16-7-5-6-8-18(16)15-22-27(25,26)20-13-11-17(12-14-20)21(24)23-19-9-3-2-4-10-19/h2-14,22H,15H2,1H3,(H,23,24). The zero-order chi connectivity index (χ0) is 19.3. The second-order valence-corrected chi connectivity index (χ2v) is 7.86. The van der Waals surface area contributed by atoms with Crippen LogP contribution in [0.15, 0.2) is 83.8 Å². The molecule has 138 valence electrons. The van der Waals surface area contributed by atoms with Gasteiger partial charge in [0.15, 0.2) is 0 Å². The zero-order valence-corrected chi connectivity index (χ0v) is 15.7. The minimum Gasteiger partial charge on any atom is -0.322 e. The van der Waals surface area contributed by atoms with Gasteiger partial charge in [-0.05, 0) is 54.4 Å². The van der Waals surface area contributed by atoms with E-state index in [0.717, 1.165) is 11.1 Å². The Morgan fingerprint density at radius 3 is 2.15 bits per heavy atom. The number of anilines is 1. The van der Waals surface area contributed by atoms with Crippen LogP contribution in [0.2, 0.25) is 0 Å². The molecule has 0 unspecified atom stereocenters. The van der Waals surface area contributed by atoms with Crippen molar-refractivity contribution in [3.8, 4) is 0 Å². The summed E-state index contributed by atoms with van der Waals surface area (Å²) in [6.07, 6.45) is 0. The van der Waals surface area contributed by atoms with Crippen LogP contribution in [-0.2, 0) is 16.6 Å². The van der Waals surface area contributed by atoms with Crippen LogP contribution in [0.3, 0.4) is 0 Å². The van der Waals surface area contributed by atoms with Gasteiger partial charge in [-0.1, -0.05) is 42.5 Å². The molecule has 0 spiro atoms. The molecule has 1 amide bonds. The summed E-state index contributed by atoms with van der Waals surface area (Å²) >= 11 is 0. The third kappa shape index (κ3) is 4.81. The fourth-order valence-corrected chi connectivity index (χ4v) is 3.58. The summed E-state index contributed by atoms with van der Waals surface area (Å²) < 4.78 is 27.5. The monoisotopic (exact) mass is 380 g/mol. The van der Waals surface area contributed by atoms with Gasteiger partial charge in [-0.25, -0.2) is 13.1 Å². The van der Waals surface area contributed by atoms with Crippen molar-refractivity contribution in [3.05, 3.63) is 95.6 Å². The Balaban J connectivity index is 1.68. The second kappa shape index (κ2) is 8.16. The third-order valence-electron chi connectivity index (χ3n) is 4.17. The first-order chi connectivity index (χ1) is 13.0. The molecule has 3 aromatic carbocycles. The van der Waals surface area contributed by atoms with E-state index in [1.54, 1.807) is 12.1 Å². The molecule has 0 aromatic heterocycles. The fourth-order valence-electron chi connectivity index (χ4n) is 2.57. The van der Waals surface area contributed by atoms with Crippen LogP contribution < -0.4 is 10.0 Å². The topological polar surface area (TPSA) is 75.3 Å². The number of hydrogen-bond acceptors (Lipinski definition) is 3. The Labute approximate surface area is 159 Å². The van der Waals surface area contributed by atoms with Crippen molar-refractivity contribution in [2.75, 3.05) is 5.32 Å². The lowest BCUT2D eigenvalue weighted by molar-refractivity contribution is 0.102. The Bertz CT molecular complexity index is 1030. The molecule has 0 aliphatic carbocycles. The molecule has 0 radical (unpaired) electrons. The summed E-state index contributed by atoms with van der Waals surface area (Å²) in [5, 5.41) is 2.77. The lowest BCUT2D eigenvalue weighted by Gasteiger charge is -2.10. The number of hydrogen-bond donors (Lipinski definition) is 2. The number of rotatable bonds is 6. The summed E-state index contributed by atoms with van der Waals surface area (Å²) in [6, 6.07) is 22.5. The smallest absolute Gasteiger partial charge is 0.255 e. The lowest BCUT2D eigenvalue weighted by Crippen LogP contribution is -2.23. The second-order valence-electron chi connectivity index (χ2n) is 6.10. The van der Waals surface area contributed by atoms with Gasteiger partial charge in [-0.3, -0.25) is 4.79 Å². The van der Waals surface area contributed by atoms with Crippen LogP contribution in [0, 0.1) is 6.92 Å². The number of para-hydroxylation sites is 1. The number of nitrogens with one attached hydrogen (secondary N) is 2. The van der Waals surface area contributed by atoms with Gasteiger partial charge in [0.25, 0.3) is 5.91 Å². The largest absolute Gasteiger partial charge is 0.322 e. The molecule has 0 saturated carbocycles. The average molecular weight is 380 g/mol. The van der Waals surface area contributed by atoms with Crippen LogP contribution in [0.25, 0.3) is 0 Å². The molecule has 0 atom stereocenters. The lowest BCUT2D eigenvalue weighted by atomic mass is 10.1. The summed E-state index contributed by atoms with van der Waals surface area (Å²) in [5.41, 5.74) is 3.00. The van der Waals surface area contributed by atoms with Gasteiger partial charge in [-0.2, -0.15) is 0 Å². The van der Waals surface area contributed by atoms with Crippen LogP contribution in [-0.4, -0.2) is 14.3 Å². The van der Waals surface area contributed by atoms with Crippen molar-refractivity contribution in [3.63, 3.8) is 0 Å². The molecule has 0 heterocycles. The van der Waals surface area contributed by atoms with E-state index in [1.165, 1.54) is 24.3 Å². The summed E-state index contributed by atoms with van der Waals surface area (Å²) in [4.78, 5) is 12.4. The van der Waals surface area contributed by atoms with E-state index >= 15 is 0 Å². The molecule has 3 aromatic rings. The molecule has 5 nitrogen and oxygen atoms in total. The molecule has 2 N–H and O–H groups in total. The number of sulfonamides is 1. The molecular weight excluding hydrogens is 360 g/mol. The molecule has 0 bridgehead atoms. The number of carbonyl (C=O) groups excluding carboxylic acids is 1. The summed E-state index contributed by atoms with van der Waals surface area (Å²) in [6.45, 7) is 2.15. The van der Waals surface area contributed by atoms with Gasteiger partial charge in [0.2, 0.25) is 10.0 Å². The highest BCUT2D eigenvalue weighted by atomic mass is 32.2. The predicted octanol–water partition coefficient (Wildman–Crippen LogP) is 3.73. The fraction of sp³-hybridized carbons (Fsp3) is 0.0952. The highest BCUT2D eigenvalue weighted by Gasteiger charge is 2.15. The van der Waals surface area contributed by atoms with Gasteiger partial charge in [0.1, 0.15) is 0 Å². The predicted molar refractivity (Wildman–Crippen MR) is 106 cm³/mol. The Kier molecular flexibility index (Phi) is 5.69.